The van der Waals surface area contributed by atoms with E-state index < -0.39 is 5.97 Å². The number of rotatable bonds is 6. The number of carbonyl (C=O) groups is 2. The van der Waals surface area contributed by atoms with E-state index in [0.717, 1.165) is 12.1 Å². The van der Waals surface area contributed by atoms with Crippen molar-refractivity contribution in [2.45, 2.75) is 13.3 Å². The van der Waals surface area contributed by atoms with Gasteiger partial charge in [0.1, 0.15) is 0 Å². The van der Waals surface area contributed by atoms with E-state index in [-0.39, 0.29) is 23.7 Å². The second kappa shape index (κ2) is 6.63. The third-order valence-corrected chi connectivity index (χ3v) is 2.74. The van der Waals surface area contributed by atoms with Crippen LogP contribution in [0.2, 0.25) is 0 Å². The monoisotopic (exact) mass is 265 g/mol. The van der Waals surface area contributed by atoms with Crippen LogP contribution in [0.15, 0.2) is 18.2 Å². The first-order chi connectivity index (χ1) is 8.99. The average Bonchev–Trinajstić information content (AvgIpc) is 2.37. The number of hydrogen-bond donors (Lipinski definition) is 3. The molecule has 0 aliphatic carbocycles. The fraction of sp³-hybridized carbons (Fsp3) is 0.385. The van der Waals surface area contributed by atoms with E-state index in [4.69, 9.17) is 10.8 Å². The number of amides is 1. The molecule has 0 unspecified atom stereocenters. The van der Waals surface area contributed by atoms with E-state index in [9.17, 15) is 9.59 Å². The fourth-order valence-electron chi connectivity index (χ4n) is 1.76. The first-order valence-corrected chi connectivity index (χ1v) is 6.08. The van der Waals surface area contributed by atoms with Gasteiger partial charge in [0.25, 0.3) is 0 Å². The standard InChI is InChI=1S/C13H19N3O3/c1-3-6-16(8-12(17)15-2)9-4-5-10(13(18)19)11(14)7-9/h4-5,7H,3,6,8,14H2,1-2H3,(H,15,17)(H,18,19). The summed E-state index contributed by atoms with van der Waals surface area (Å²) in [7, 11) is 1.58. The summed E-state index contributed by atoms with van der Waals surface area (Å²) in [6.45, 7) is 2.92. The van der Waals surface area contributed by atoms with Gasteiger partial charge in [0.2, 0.25) is 5.91 Å². The number of hydrogen-bond acceptors (Lipinski definition) is 4. The zero-order valence-electron chi connectivity index (χ0n) is 11.1. The summed E-state index contributed by atoms with van der Waals surface area (Å²) in [5.41, 5.74) is 6.72. The number of aromatic carboxylic acids is 1. The number of carboxylic acids is 1. The predicted molar refractivity (Wildman–Crippen MR) is 74.4 cm³/mol. The van der Waals surface area contributed by atoms with Crippen molar-refractivity contribution in [3.63, 3.8) is 0 Å². The Balaban J connectivity index is 2.99. The molecule has 1 aromatic rings. The van der Waals surface area contributed by atoms with Gasteiger partial charge in [-0.25, -0.2) is 4.79 Å². The van der Waals surface area contributed by atoms with Crippen molar-refractivity contribution in [2.75, 3.05) is 30.8 Å². The van der Waals surface area contributed by atoms with Crippen molar-refractivity contribution in [1.29, 1.82) is 0 Å². The summed E-state index contributed by atoms with van der Waals surface area (Å²) in [5, 5.41) is 11.5. The molecule has 0 spiro atoms. The lowest BCUT2D eigenvalue weighted by molar-refractivity contribution is -0.119. The maximum absolute atomic E-state index is 11.5. The second-order valence-corrected chi connectivity index (χ2v) is 4.17. The van der Waals surface area contributed by atoms with Gasteiger partial charge < -0.3 is 21.1 Å². The highest BCUT2D eigenvalue weighted by molar-refractivity contribution is 5.94. The normalized spacial score (nSPS) is 10.0. The Labute approximate surface area is 112 Å². The van der Waals surface area contributed by atoms with E-state index >= 15 is 0 Å². The minimum Gasteiger partial charge on any atom is -0.478 e. The predicted octanol–water partition coefficient (Wildman–Crippen LogP) is 0.929. The lowest BCUT2D eigenvalue weighted by Crippen LogP contribution is -2.36. The van der Waals surface area contributed by atoms with Gasteiger partial charge in [-0.15, -0.1) is 0 Å². The Morgan fingerprint density at radius 1 is 1.42 bits per heavy atom. The summed E-state index contributed by atoms with van der Waals surface area (Å²) in [5.74, 6) is -1.16. The largest absolute Gasteiger partial charge is 0.478 e. The van der Waals surface area contributed by atoms with E-state index in [1.54, 1.807) is 19.2 Å². The molecule has 0 aromatic heterocycles. The zero-order chi connectivity index (χ0) is 14.4. The van der Waals surface area contributed by atoms with Crippen LogP contribution in [-0.4, -0.2) is 37.1 Å². The third-order valence-electron chi connectivity index (χ3n) is 2.74. The molecule has 4 N–H and O–H groups in total. The number of nitrogens with one attached hydrogen (secondary N) is 1. The maximum atomic E-state index is 11.5. The van der Waals surface area contributed by atoms with Gasteiger partial charge in [0.15, 0.2) is 0 Å². The fourth-order valence-corrected chi connectivity index (χ4v) is 1.76. The van der Waals surface area contributed by atoms with Crippen molar-refractivity contribution in [3.05, 3.63) is 23.8 Å². The Bertz CT molecular complexity index is 474. The number of nitrogens with zero attached hydrogens (tertiary/aromatic N) is 1. The molecule has 6 nitrogen and oxygen atoms in total. The first-order valence-electron chi connectivity index (χ1n) is 6.08. The Kier molecular flexibility index (Phi) is 5.17. The smallest absolute Gasteiger partial charge is 0.337 e. The highest BCUT2D eigenvalue weighted by Crippen LogP contribution is 2.21. The number of anilines is 2. The van der Waals surface area contributed by atoms with Gasteiger partial charge in [-0.05, 0) is 24.6 Å². The highest BCUT2D eigenvalue weighted by Gasteiger charge is 2.13. The molecule has 0 saturated carbocycles. The van der Waals surface area contributed by atoms with Crippen LogP contribution in [0, 0.1) is 0 Å². The van der Waals surface area contributed by atoms with E-state index in [0.29, 0.717) is 6.54 Å². The lowest BCUT2D eigenvalue weighted by Gasteiger charge is -2.24. The van der Waals surface area contributed by atoms with Gasteiger partial charge in [-0.1, -0.05) is 6.92 Å². The van der Waals surface area contributed by atoms with Crippen LogP contribution in [-0.2, 0) is 4.79 Å². The topological polar surface area (TPSA) is 95.7 Å². The minimum absolute atomic E-state index is 0.0696. The summed E-state index contributed by atoms with van der Waals surface area (Å²) in [6.07, 6.45) is 0.873. The zero-order valence-corrected chi connectivity index (χ0v) is 11.1. The van der Waals surface area contributed by atoms with Crippen LogP contribution >= 0.6 is 0 Å². The Morgan fingerprint density at radius 3 is 2.58 bits per heavy atom. The minimum atomic E-state index is -1.06. The number of likely N-dealkylation sites (N-methyl/N-ethyl adjacent to an activating group) is 1. The summed E-state index contributed by atoms with van der Waals surface area (Å²) < 4.78 is 0. The molecular formula is C13H19N3O3. The van der Waals surface area contributed by atoms with Gasteiger partial charge in [-0.3, -0.25) is 4.79 Å². The van der Waals surface area contributed by atoms with Gasteiger partial charge in [-0.2, -0.15) is 0 Å². The van der Waals surface area contributed by atoms with Crippen LogP contribution in [0.1, 0.15) is 23.7 Å². The van der Waals surface area contributed by atoms with Crippen LogP contribution < -0.4 is 16.0 Å². The lowest BCUT2D eigenvalue weighted by atomic mass is 10.1. The number of nitrogens with two attached hydrogens (primary N) is 1. The average molecular weight is 265 g/mol. The molecule has 0 heterocycles. The molecule has 1 amide bonds. The van der Waals surface area contributed by atoms with Crippen LogP contribution in [0.25, 0.3) is 0 Å². The number of benzene rings is 1. The molecule has 6 heteroatoms. The quantitative estimate of drug-likeness (QED) is 0.665. The van der Waals surface area contributed by atoms with Crippen molar-refractivity contribution >= 4 is 23.3 Å². The van der Waals surface area contributed by atoms with Crippen molar-refractivity contribution in [3.8, 4) is 0 Å². The van der Waals surface area contributed by atoms with Crippen LogP contribution in [0.5, 0.6) is 0 Å². The molecule has 0 radical (unpaired) electrons. The molecule has 1 rings (SSSR count). The van der Waals surface area contributed by atoms with Crippen LogP contribution in [0.3, 0.4) is 0 Å². The Morgan fingerprint density at radius 2 is 2.11 bits per heavy atom. The Hall–Kier alpha value is -2.24. The third kappa shape index (κ3) is 3.87. The van der Waals surface area contributed by atoms with E-state index in [1.165, 1.54) is 6.07 Å². The molecule has 0 aliphatic heterocycles. The van der Waals surface area contributed by atoms with Gasteiger partial charge >= 0.3 is 5.97 Å². The summed E-state index contributed by atoms with van der Waals surface area (Å²) in [6, 6.07) is 4.71. The highest BCUT2D eigenvalue weighted by atomic mass is 16.4. The number of carboxylic acid groups (broad SMARTS) is 1. The molecule has 0 aliphatic rings. The molecule has 0 atom stereocenters. The maximum Gasteiger partial charge on any atom is 0.337 e. The van der Waals surface area contributed by atoms with Crippen molar-refractivity contribution in [1.82, 2.24) is 5.32 Å². The molecule has 19 heavy (non-hydrogen) atoms. The molecule has 1 aromatic carbocycles. The van der Waals surface area contributed by atoms with Crippen molar-refractivity contribution < 1.29 is 14.7 Å². The SMILES string of the molecule is CCCN(CC(=O)NC)c1ccc(C(=O)O)c(N)c1. The number of nitrogen functional groups attached to an aromatic ring is 1. The van der Waals surface area contributed by atoms with E-state index in [1.807, 2.05) is 11.8 Å². The van der Waals surface area contributed by atoms with Gasteiger partial charge in [0.05, 0.1) is 12.1 Å². The summed E-state index contributed by atoms with van der Waals surface area (Å²) in [4.78, 5) is 24.2. The molecule has 104 valence electrons. The molecular weight excluding hydrogens is 246 g/mol. The molecule has 0 saturated heterocycles. The van der Waals surface area contributed by atoms with E-state index in [2.05, 4.69) is 5.32 Å². The van der Waals surface area contributed by atoms with Crippen molar-refractivity contribution in [2.24, 2.45) is 0 Å². The molecule has 0 fully saturated rings. The summed E-state index contributed by atoms with van der Waals surface area (Å²) >= 11 is 0. The second-order valence-electron chi connectivity index (χ2n) is 4.17. The van der Waals surface area contributed by atoms with Gasteiger partial charge in [0, 0.05) is 25.0 Å². The first kappa shape index (κ1) is 14.8. The molecule has 0 bridgehead atoms. The number of carbonyl (C=O) groups excluding carboxylic acids is 1. The van der Waals surface area contributed by atoms with Crippen LogP contribution in [0.4, 0.5) is 11.4 Å².